The van der Waals surface area contributed by atoms with Gasteiger partial charge in [-0.25, -0.2) is 25.2 Å². The molecule has 2 rings (SSSR count). The Hall–Kier alpha value is -2.63. The van der Waals surface area contributed by atoms with Crippen LogP contribution in [0.2, 0.25) is 0 Å². The highest BCUT2D eigenvalue weighted by Gasteiger charge is 2.31. The molecule has 0 radical (unpaired) electrons. The highest BCUT2D eigenvalue weighted by molar-refractivity contribution is 5.90. The maximum absolute atomic E-state index is 14.7. The van der Waals surface area contributed by atoms with Crippen molar-refractivity contribution in [2.75, 3.05) is 49.6 Å². The third-order valence-corrected chi connectivity index (χ3v) is 4.26. The van der Waals surface area contributed by atoms with Crippen LogP contribution in [0, 0.1) is 5.82 Å². The molecule has 0 aromatic heterocycles. The summed E-state index contributed by atoms with van der Waals surface area (Å²) in [6, 6.07) is 4.11. The van der Waals surface area contributed by atoms with Crippen molar-refractivity contribution in [3.05, 3.63) is 24.0 Å². The molecule has 0 spiro atoms. The molecular formula is C16H26FN7O3. The topological polar surface area (TPSA) is 129 Å². The number of carbonyl (C=O) groups excluding carboxylic acids is 2. The van der Waals surface area contributed by atoms with Gasteiger partial charge in [-0.15, -0.1) is 0 Å². The Kier molecular flexibility index (Phi) is 7.16. The Morgan fingerprint density at radius 3 is 2.78 bits per heavy atom. The van der Waals surface area contributed by atoms with E-state index >= 15 is 0 Å². The molecule has 1 fully saturated rings. The van der Waals surface area contributed by atoms with Crippen LogP contribution in [0.4, 0.5) is 25.4 Å². The maximum atomic E-state index is 14.7. The number of nitrogens with one attached hydrogen (secondary N) is 2. The van der Waals surface area contributed by atoms with Crippen LogP contribution < -0.4 is 32.2 Å². The molecular weight excluding hydrogens is 357 g/mol. The number of benzene rings is 1. The Bertz CT molecular complexity index is 675. The van der Waals surface area contributed by atoms with Crippen molar-refractivity contribution < 1.29 is 18.7 Å². The van der Waals surface area contributed by atoms with Crippen molar-refractivity contribution in [3.8, 4) is 0 Å². The normalized spacial score (nSPS) is 16.3. The molecule has 3 amide bonds. The van der Waals surface area contributed by atoms with E-state index in [1.54, 1.807) is 12.1 Å². The lowest BCUT2D eigenvalue weighted by Crippen LogP contribution is -2.50. The number of halogens is 1. The van der Waals surface area contributed by atoms with Crippen molar-refractivity contribution >= 4 is 23.5 Å². The lowest BCUT2D eigenvalue weighted by Gasteiger charge is -2.26. The average molecular weight is 383 g/mol. The number of nitrogens with two attached hydrogens (primary N) is 2. The summed E-state index contributed by atoms with van der Waals surface area (Å²) in [5.41, 5.74) is 11.2. The van der Waals surface area contributed by atoms with E-state index in [0.717, 1.165) is 0 Å². The van der Waals surface area contributed by atoms with Crippen molar-refractivity contribution in [2.45, 2.75) is 13.0 Å². The molecule has 0 aliphatic carbocycles. The number of hydrogen-bond acceptors (Lipinski definition) is 7. The van der Waals surface area contributed by atoms with Crippen LogP contribution in [0.25, 0.3) is 0 Å². The second-order valence-corrected chi connectivity index (χ2v) is 5.98. The summed E-state index contributed by atoms with van der Waals surface area (Å²) in [6.07, 6.45) is -0.920. The molecule has 1 atom stereocenters. The lowest BCUT2D eigenvalue weighted by atomic mass is 10.2. The number of hydrazine groups is 2. The Balaban J connectivity index is 2.02. The zero-order valence-electron chi connectivity index (χ0n) is 15.4. The summed E-state index contributed by atoms with van der Waals surface area (Å²) >= 11 is 0. The first-order valence-corrected chi connectivity index (χ1v) is 8.61. The van der Waals surface area contributed by atoms with Gasteiger partial charge in [0.2, 0.25) is 0 Å². The van der Waals surface area contributed by atoms with Gasteiger partial charge in [-0.05, 0) is 25.1 Å². The molecule has 0 bridgehead atoms. The first-order chi connectivity index (χ1) is 12.9. The summed E-state index contributed by atoms with van der Waals surface area (Å²) in [5, 5.41) is 1.21. The molecule has 0 unspecified atom stereocenters. The van der Waals surface area contributed by atoms with Crippen molar-refractivity contribution in [3.63, 3.8) is 0 Å². The maximum Gasteiger partial charge on any atom is 0.414 e. The fraction of sp³-hybridized carbons (Fsp3) is 0.500. The van der Waals surface area contributed by atoms with Crippen LogP contribution in [0.3, 0.4) is 0 Å². The highest BCUT2D eigenvalue weighted by atomic mass is 19.1. The van der Waals surface area contributed by atoms with E-state index in [4.69, 9.17) is 16.3 Å². The molecule has 1 saturated heterocycles. The smallest absolute Gasteiger partial charge is 0.414 e. The van der Waals surface area contributed by atoms with Crippen molar-refractivity contribution in [2.24, 2.45) is 11.6 Å². The fourth-order valence-electron chi connectivity index (χ4n) is 2.75. The third kappa shape index (κ3) is 4.96. The number of anilines is 2. The van der Waals surface area contributed by atoms with Gasteiger partial charge in [0.15, 0.2) is 0 Å². The molecule has 10 nitrogen and oxygen atoms in total. The number of carbonyl (C=O) groups is 2. The first-order valence-electron chi connectivity index (χ1n) is 8.61. The van der Waals surface area contributed by atoms with Crippen LogP contribution >= 0.6 is 0 Å². The minimum absolute atomic E-state index is 0.218. The van der Waals surface area contributed by atoms with E-state index in [0.29, 0.717) is 37.6 Å². The van der Waals surface area contributed by atoms with Crippen LogP contribution in [0.5, 0.6) is 0 Å². The van der Waals surface area contributed by atoms with E-state index < -0.39 is 17.9 Å². The SMILES string of the molecule is CCN(CCNN(C)C(=O)NN)c1ccc(N2C[C@H](CN)OC2=O)cc1F. The molecule has 1 aromatic rings. The van der Waals surface area contributed by atoms with Crippen LogP contribution in [-0.2, 0) is 4.74 Å². The summed E-state index contributed by atoms with van der Waals surface area (Å²) in [7, 11) is 1.53. The summed E-state index contributed by atoms with van der Waals surface area (Å²) in [6.45, 7) is 3.83. The third-order valence-electron chi connectivity index (χ3n) is 4.26. The number of rotatable bonds is 8. The van der Waals surface area contributed by atoms with E-state index in [9.17, 15) is 14.0 Å². The predicted octanol–water partition coefficient (Wildman–Crippen LogP) is -0.0444. The van der Waals surface area contributed by atoms with Crippen molar-refractivity contribution in [1.29, 1.82) is 0 Å². The molecule has 1 aliphatic rings. The molecule has 0 saturated carbocycles. The zero-order chi connectivity index (χ0) is 20.0. The van der Waals surface area contributed by atoms with E-state index in [1.165, 1.54) is 23.0 Å². The Labute approximate surface area is 157 Å². The number of cyclic esters (lactones) is 1. The van der Waals surface area contributed by atoms with E-state index in [-0.39, 0.29) is 12.6 Å². The number of amides is 3. The average Bonchev–Trinajstić information content (AvgIpc) is 3.05. The summed E-state index contributed by atoms with van der Waals surface area (Å²) < 4.78 is 19.8. The monoisotopic (exact) mass is 383 g/mol. The van der Waals surface area contributed by atoms with Crippen LogP contribution in [0.1, 0.15) is 6.92 Å². The quantitative estimate of drug-likeness (QED) is 0.281. The molecule has 1 aromatic carbocycles. The number of urea groups is 1. The number of ether oxygens (including phenoxy) is 1. The number of nitrogens with zero attached hydrogens (tertiary/aromatic N) is 3. The fourth-order valence-corrected chi connectivity index (χ4v) is 2.75. The standard InChI is InChI=1S/C16H26FN7O3/c1-3-23(7-6-20-22(2)15(25)21-19)14-5-4-11(8-13(14)17)24-10-12(9-18)27-16(24)26/h4-5,8,12,20H,3,6-7,9-10,18-19H2,1-2H3,(H,21,25)/t12-/m0/s1. The first kappa shape index (κ1) is 20.7. The van der Waals surface area contributed by atoms with E-state index in [1.807, 2.05) is 17.2 Å². The van der Waals surface area contributed by atoms with Gasteiger partial charge in [0.1, 0.15) is 11.9 Å². The number of hydrogen-bond donors (Lipinski definition) is 4. The minimum atomic E-state index is -0.532. The van der Waals surface area contributed by atoms with Gasteiger partial charge in [-0.2, -0.15) is 0 Å². The second-order valence-electron chi connectivity index (χ2n) is 5.98. The highest BCUT2D eigenvalue weighted by Crippen LogP contribution is 2.27. The van der Waals surface area contributed by atoms with Crippen molar-refractivity contribution in [1.82, 2.24) is 15.9 Å². The van der Waals surface area contributed by atoms with Crippen LogP contribution in [-0.4, -0.2) is 63.0 Å². The zero-order valence-corrected chi connectivity index (χ0v) is 15.4. The minimum Gasteiger partial charge on any atom is -0.443 e. The molecule has 150 valence electrons. The van der Waals surface area contributed by atoms with Gasteiger partial charge in [-0.3, -0.25) is 15.3 Å². The molecule has 1 aliphatic heterocycles. The summed E-state index contributed by atoms with van der Waals surface area (Å²) in [4.78, 5) is 26.4. The molecule has 27 heavy (non-hydrogen) atoms. The van der Waals surface area contributed by atoms with Gasteiger partial charge >= 0.3 is 12.1 Å². The molecule has 6 N–H and O–H groups in total. The lowest BCUT2D eigenvalue weighted by molar-refractivity contribution is 0.145. The van der Waals surface area contributed by atoms with Gasteiger partial charge in [0, 0.05) is 33.2 Å². The predicted molar refractivity (Wildman–Crippen MR) is 99.4 cm³/mol. The largest absolute Gasteiger partial charge is 0.443 e. The molecule has 1 heterocycles. The summed E-state index contributed by atoms with van der Waals surface area (Å²) in [5.74, 6) is 4.60. The molecule has 11 heteroatoms. The van der Waals surface area contributed by atoms with Gasteiger partial charge < -0.3 is 15.4 Å². The van der Waals surface area contributed by atoms with Gasteiger partial charge in [0.25, 0.3) is 0 Å². The van der Waals surface area contributed by atoms with Gasteiger partial charge in [0.05, 0.1) is 17.9 Å². The van der Waals surface area contributed by atoms with Gasteiger partial charge in [-0.1, -0.05) is 0 Å². The van der Waals surface area contributed by atoms with E-state index in [2.05, 4.69) is 5.43 Å². The van der Waals surface area contributed by atoms with Crippen LogP contribution in [0.15, 0.2) is 18.2 Å². The Morgan fingerprint density at radius 2 is 2.22 bits per heavy atom. The Morgan fingerprint density at radius 1 is 1.48 bits per heavy atom. The second kappa shape index (κ2) is 9.35. The number of likely N-dealkylation sites (N-methyl/N-ethyl adjacent to an activating group) is 1.